The minimum Gasteiger partial charge on any atom is -0.481 e. The molecule has 4 atom stereocenters. The van der Waals surface area contributed by atoms with Crippen molar-refractivity contribution in [1.82, 2.24) is 5.32 Å². The zero-order valence-corrected chi connectivity index (χ0v) is 14.2. The molecule has 0 aliphatic heterocycles. The molecule has 1 saturated carbocycles. The average Bonchev–Trinajstić information content (AvgIpc) is 3.40. The Hall–Kier alpha value is -2.76. The number of aliphatic carboxylic acids is 1. The quantitative estimate of drug-likeness (QED) is 0.827. The standard InChI is InChI=1S/C20H19F2NO3/c1-11(20(25)26)18(12-6-3-2-4-7-12)23-19(24)14-10-13(14)17-15(21)8-5-9-16(17)22/h2-9,11,13-14,18H,10H2,1H3,(H,23,24)(H,25,26). The Morgan fingerprint density at radius 1 is 1.08 bits per heavy atom. The lowest BCUT2D eigenvalue weighted by Crippen LogP contribution is -2.36. The first-order valence-corrected chi connectivity index (χ1v) is 8.42. The molecule has 2 aromatic carbocycles. The number of hydrogen-bond acceptors (Lipinski definition) is 2. The van der Waals surface area contributed by atoms with Crippen LogP contribution in [0.25, 0.3) is 0 Å². The van der Waals surface area contributed by atoms with Gasteiger partial charge in [0, 0.05) is 17.4 Å². The van der Waals surface area contributed by atoms with E-state index in [2.05, 4.69) is 5.32 Å². The van der Waals surface area contributed by atoms with Crippen molar-refractivity contribution in [2.75, 3.05) is 0 Å². The number of rotatable bonds is 6. The van der Waals surface area contributed by atoms with Gasteiger partial charge in [0.05, 0.1) is 12.0 Å². The zero-order valence-electron chi connectivity index (χ0n) is 14.2. The maximum atomic E-state index is 13.9. The van der Waals surface area contributed by atoms with Crippen molar-refractivity contribution in [3.8, 4) is 0 Å². The van der Waals surface area contributed by atoms with Gasteiger partial charge in [0.15, 0.2) is 0 Å². The Morgan fingerprint density at radius 2 is 1.69 bits per heavy atom. The fourth-order valence-electron chi connectivity index (χ4n) is 3.23. The minimum atomic E-state index is -1.04. The fraction of sp³-hybridized carbons (Fsp3) is 0.300. The Kier molecular flexibility index (Phi) is 5.02. The van der Waals surface area contributed by atoms with E-state index in [1.807, 2.05) is 0 Å². The van der Waals surface area contributed by atoms with Gasteiger partial charge in [-0.1, -0.05) is 36.4 Å². The minimum absolute atomic E-state index is 0.0739. The molecule has 0 radical (unpaired) electrons. The molecule has 136 valence electrons. The average molecular weight is 359 g/mol. The van der Waals surface area contributed by atoms with Crippen LogP contribution in [0.3, 0.4) is 0 Å². The lowest BCUT2D eigenvalue weighted by Gasteiger charge is -2.23. The van der Waals surface area contributed by atoms with Crippen LogP contribution >= 0.6 is 0 Å². The summed E-state index contributed by atoms with van der Waals surface area (Å²) in [6, 6.07) is 11.7. The maximum absolute atomic E-state index is 13.9. The molecule has 0 bridgehead atoms. The molecule has 0 spiro atoms. The van der Waals surface area contributed by atoms with Crippen LogP contribution in [0.4, 0.5) is 8.78 Å². The van der Waals surface area contributed by atoms with E-state index >= 15 is 0 Å². The first kappa shape index (κ1) is 18.0. The predicted molar refractivity (Wildman–Crippen MR) is 91.3 cm³/mol. The summed E-state index contributed by atoms with van der Waals surface area (Å²) in [4.78, 5) is 24.0. The first-order valence-electron chi connectivity index (χ1n) is 8.42. The Morgan fingerprint density at radius 3 is 2.27 bits per heavy atom. The van der Waals surface area contributed by atoms with Gasteiger partial charge in [0.2, 0.25) is 5.91 Å². The number of benzene rings is 2. The first-order chi connectivity index (χ1) is 12.4. The molecule has 0 aromatic heterocycles. The summed E-state index contributed by atoms with van der Waals surface area (Å²) in [5.74, 6) is -4.68. The second kappa shape index (κ2) is 7.23. The number of carboxylic acid groups (broad SMARTS) is 1. The monoisotopic (exact) mass is 359 g/mol. The van der Waals surface area contributed by atoms with Crippen LogP contribution in [0.5, 0.6) is 0 Å². The van der Waals surface area contributed by atoms with Gasteiger partial charge >= 0.3 is 5.97 Å². The van der Waals surface area contributed by atoms with E-state index in [1.165, 1.54) is 25.1 Å². The molecule has 6 heteroatoms. The van der Waals surface area contributed by atoms with Gasteiger partial charge in [0.25, 0.3) is 0 Å². The number of carbonyl (C=O) groups is 2. The van der Waals surface area contributed by atoms with Crippen LogP contribution in [-0.4, -0.2) is 17.0 Å². The number of hydrogen-bond donors (Lipinski definition) is 2. The highest BCUT2D eigenvalue weighted by molar-refractivity contribution is 5.84. The Bertz CT molecular complexity index is 805. The third-order valence-electron chi connectivity index (χ3n) is 4.84. The second-order valence-electron chi connectivity index (χ2n) is 6.61. The van der Waals surface area contributed by atoms with Gasteiger partial charge in [-0.2, -0.15) is 0 Å². The highest BCUT2D eigenvalue weighted by Crippen LogP contribution is 2.49. The second-order valence-corrected chi connectivity index (χ2v) is 6.61. The summed E-state index contributed by atoms with van der Waals surface area (Å²) in [7, 11) is 0. The number of amides is 1. The zero-order chi connectivity index (χ0) is 18.8. The normalized spacial score (nSPS) is 20.9. The van der Waals surface area contributed by atoms with Crippen LogP contribution in [0.1, 0.15) is 36.4 Å². The molecular formula is C20H19F2NO3. The molecular weight excluding hydrogens is 340 g/mol. The Labute approximate surface area is 149 Å². The molecule has 26 heavy (non-hydrogen) atoms. The van der Waals surface area contributed by atoms with Gasteiger partial charge in [-0.15, -0.1) is 0 Å². The number of carbonyl (C=O) groups excluding carboxylic acids is 1. The van der Waals surface area contributed by atoms with Crippen LogP contribution < -0.4 is 5.32 Å². The van der Waals surface area contributed by atoms with Crippen LogP contribution in [-0.2, 0) is 9.59 Å². The van der Waals surface area contributed by atoms with Crippen molar-refractivity contribution in [2.45, 2.75) is 25.3 Å². The summed E-state index contributed by atoms with van der Waals surface area (Å²) in [6.07, 6.45) is 0.340. The lowest BCUT2D eigenvalue weighted by atomic mass is 9.94. The summed E-state index contributed by atoms with van der Waals surface area (Å²) >= 11 is 0. The highest BCUT2D eigenvalue weighted by Gasteiger charge is 2.47. The number of carboxylic acids is 1. The van der Waals surface area contributed by atoms with Crippen molar-refractivity contribution >= 4 is 11.9 Å². The van der Waals surface area contributed by atoms with Crippen LogP contribution in [0.2, 0.25) is 0 Å². The molecule has 3 rings (SSSR count). The summed E-state index contributed by atoms with van der Waals surface area (Å²) in [5.41, 5.74) is 0.597. The van der Waals surface area contributed by atoms with Crippen LogP contribution in [0, 0.1) is 23.5 Å². The number of nitrogens with one attached hydrogen (secondary N) is 1. The molecule has 1 aliphatic rings. The molecule has 2 aromatic rings. The van der Waals surface area contributed by atoms with Gasteiger partial charge in [0.1, 0.15) is 11.6 Å². The van der Waals surface area contributed by atoms with E-state index in [-0.39, 0.29) is 11.5 Å². The van der Waals surface area contributed by atoms with E-state index in [0.29, 0.717) is 12.0 Å². The van der Waals surface area contributed by atoms with Crippen molar-refractivity contribution in [3.63, 3.8) is 0 Å². The third kappa shape index (κ3) is 3.59. The SMILES string of the molecule is CC(C(=O)O)C(NC(=O)C1CC1c1c(F)cccc1F)c1ccccc1. The van der Waals surface area contributed by atoms with Crippen molar-refractivity contribution < 1.29 is 23.5 Å². The molecule has 4 nitrogen and oxygen atoms in total. The van der Waals surface area contributed by atoms with Gasteiger partial charge in [-0.3, -0.25) is 9.59 Å². The highest BCUT2D eigenvalue weighted by atomic mass is 19.1. The molecule has 0 heterocycles. The smallest absolute Gasteiger partial charge is 0.308 e. The van der Waals surface area contributed by atoms with Crippen LogP contribution in [0.15, 0.2) is 48.5 Å². The molecule has 1 amide bonds. The molecule has 4 unspecified atom stereocenters. The maximum Gasteiger partial charge on any atom is 0.308 e. The summed E-state index contributed by atoms with van der Waals surface area (Å²) < 4.78 is 27.8. The molecule has 0 saturated heterocycles. The van der Waals surface area contributed by atoms with E-state index in [4.69, 9.17) is 0 Å². The van der Waals surface area contributed by atoms with E-state index in [1.54, 1.807) is 30.3 Å². The fourth-order valence-corrected chi connectivity index (χ4v) is 3.23. The van der Waals surface area contributed by atoms with E-state index < -0.39 is 41.4 Å². The third-order valence-corrected chi connectivity index (χ3v) is 4.84. The molecule has 2 N–H and O–H groups in total. The molecule has 1 aliphatic carbocycles. The van der Waals surface area contributed by atoms with E-state index in [9.17, 15) is 23.5 Å². The van der Waals surface area contributed by atoms with E-state index in [0.717, 1.165) is 0 Å². The summed E-state index contributed by atoms with van der Waals surface area (Å²) in [5, 5.41) is 12.1. The van der Waals surface area contributed by atoms with Crippen molar-refractivity contribution in [2.24, 2.45) is 11.8 Å². The van der Waals surface area contributed by atoms with Crippen molar-refractivity contribution in [3.05, 3.63) is 71.3 Å². The lowest BCUT2D eigenvalue weighted by molar-refractivity contribution is -0.142. The summed E-state index contributed by atoms with van der Waals surface area (Å²) in [6.45, 7) is 1.52. The topological polar surface area (TPSA) is 66.4 Å². The van der Waals surface area contributed by atoms with Crippen molar-refractivity contribution in [1.29, 1.82) is 0 Å². The largest absolute Gasteiger partial charge is 0.481 e. The number of halogens is 2. The van der Waals surface area contributed by atoms with Gasteiger partial charge in [-0.05, 0) is 31.0 Å². The molecule has 1 fully saturated rings. The Balaban J connectivity index is 1.76. The predicted octanol–water partition coefficient (Wildman–Crippen LogP) is 3.65. The van der Waals surface area contributed by atoms with Gasteiger partial charge in [-0.25, -0.2) is 8.78 Å². The van der Waals surface area contributed by atoms with Gasteiger partial charge < -0.3 is 10.4 Å².